The van der Waals surface area contributed by atoms with E-state index in [4.69, 9.17) is 9.47 Å². The predicted octanol–water partition coefficient (Wildman–Crippen LogP) is 8.55. The van der Waals surface area contributed by atoms with Crippen molar-refractivity contribution >= 4 is 11.9 Å². The van der Waals surface area contributed by atoms with Crippen LogP contribution in [0.25, 0.3) is 0 Å². The number of carbonyl (C=O) groups is 2. The van der Waals surface area contributed by atoms with E-state index in [2.05, 4.69) is 20.8 Å². The number of unbranched alkanes of at least 4 members (excludes halogenated alkanes) is 14. The van der Waals surface area contributed by atoms with Crippen LogP contribution in [0, 0.1) is 5.92 Å². The standard InChI is InChI=1S/C28H54O4/c1-4-6-23-31-27(29)22-20-18-16-14-12-10-8-9-11-13-15-17-19-21-26(3)25-28(30)32-24-7-5-2/h26H,4-25H2,1-3H3. The number of ether oxygens (including phenoxy) is 2. The van der Waals surface area contributed by atoms with Crippen LogP contribution in [0.3, 0.4) is 0 Å². The maximum atomic E-state index is 11.7. The van der Waals surface area contributed by atoms with Crippen LogP contribution in [0.2, 0.25) is 0 Å². The van der Waals surface area contributed by atoms with Crippen molar-refractivity contribution in [2.45, 2.75) is 149 Å². The Morgan fingerprint density at radius 3 is 1.44 bits per heavy atom. The predicted molar refractivity (Wildman–Crippen MR) is 135 cm³/mol. The lowest BCUT2D eigenvalue weighted by Gasteiger charge is -2.11. The van der Waals surface area contributed by atoms with E-state index < -0.39 is 0 Å². The van der Waals surface area contributed by atoms with E-state index in [0.29, 0.717) is 32.0 Å². The average molecular weight is 455 g/mol. The lowest BCUT2D eigenvalue weighted by molar-refractivity contribution is -0.145. The fourth-order valence-corrected chi connectivity index (χ4v) is 3.89. The van der Waals surface area contributed by atoms with Crippen molar-refractivity contribution in [1.82, 2.24) is 0 Å². The van der Waals surface area contributed by atoms with Crippen molar-refractivity contribution in [2.75, 3.05) is 13.2 Å². The number of hydrogen-bond acceptors (Lipinski definition) is 4. The molecule has 0 aliphatic heterocycles. The first-order chi connectivity index (χ1) is 15.6. The molecule has 0 saturated heterocycles. The van der Waals surface area contributed by atoms with Gasteiger partial charge >= 0.3 is 11.9 Å². The number of hydrogen-bond donors (Lipinski definition) is 0. The van der Waals surface area contributed by atoms with Gasteiger partial charge in [-0.15, -0.1) is 0 Å². The molecule has 190 valence electrons. The van der Waals surface area contributed by atoms with Gasteiger partial charge in [-0.3, -0.25) is 9.59 Å². The SMILES string of the molecule is CCCCOC(=O)CCCCCCCCCCCCCCCC(C)CC(=O)OCCCC. The summed E-state index contributed by atoms with van der Waals surface area (Å²) in [5.41, 5.74) is 0. The molecule has 0 heterocycles. The summed E-state index contributed by atoms with van der Waals surface area (Å²) in [6.45, 7) is 7.56. The third-order valence-electron chi connectivity index (χ3n) is 6.11. The Hall–Kier alpha value is -1.06. The van der Waals surface area contributed by atoms with E-state index in [-0.39, 0.29) is 11.9 Å². The molecule has 0 aromatic heterocycles. The van der Waals surface area contributed by atoms with Gasteiger partial charge < -0.3 is 9.47 Å². The molecule has 0 aliphatic carbocycles. The summed E-state index contributed by atoms with van der Waals surface area (Å²) in [5.74, 6) is 0.410. The molecule has 0 bridgehead atoms. The van der Waals surface area contributed by atoms with Gasteiger partial charge in [0.2, 0.25) is 0 Å². The first-order valence-electron chi connectivity index (χ1n) is 13.9. The Balaban J connectivity index is 3.25. The first-order valence-corrected chi connectivity index (χ1v) is 13.9. The van der Waals surface area contributed by atoms with E-state index in [1.807, 2.05) is 0 Å². The summed E-state index contributed by atoms with van der Waals surface area (Å²) >= 11 is 0. The minimum Gasteiger partial charge on any atom is -0.466 e. The molecule has 0 aromatic rings. The summed E-state index contributed by atoms with van der Waals surface area (Å²) < 4.78 is 10.4. The Bertz CT molecular complexity index is 422. The largest absolute Gasteiger partial charge is 0.466 e. The molecule has 0 saturated carbocycles. The molecule has 0 amide bonds. The van der Waals surface area contributed by atoms with Crippen LogP contribution in [0.5, 0.6) is 0 Å². The van der Waals surface area contributed by atoms with Crippen LogP contribution in [-0.2, 0) is 19.1 Å². The van der Waals surface area contributed by atoms with Crippen LogP contribution in [0.15, 0.2) is 0 Å². The summed E-state index contributed by atoms with van der Waals surface area (Å²) in [4.78, 5) is 23.2. The molecular formula is C28H54O4. The highest BCUT2D eigenvalue weighted by atomic mass is 16.5. The molecule has 0 radical (unpaired) electrons. The lowest BCUT2D eigenvalue weighted by Crippen LogP contribution is -2.10. The second-order valence-electron chi connectivity index (χ2n) is 9.59. The molecule has 0 spiro atoms. The number of esters is 2. The molecule has 0 N–H and O–H groups in total. The van der Waals surface area contributed by atoms with Gasteiger partial charge in [-0.25, -0.2) is 0 Å². The first kappa shape index (κ1) is 30.9. The van der Waals surface area contributed by atoms with Gasteiger partial charge in [0.05, 0.1) is 13.2 Å². The highest BCUT2D eigenvalue weighted by Crippen LogP contribution is 2.17. The third kappa shape index (κ3) is 23.6. The summed E-state index contributed by atoms with van der Waals surface area (Å²) in [6.07, 6.45) is 23.1. The van der Waals surface area contributed by atoms with Crippen LogP contribution < -0.4 is 0 Å². The van der Waals surface area contributed by atoms with Gasteiger partial charge in [0.1, 0.15) is 0 Å². The number of rotatable bonds is 24. The van der Waals surface area contributed by atoms with Crippen molar-refractivity contribution in [3.63, 3.8) is 0 Å². The van der Waals surface area contributed by atoms with Crippen LogP contribution in [0.1, 0.15) is 149 Å². The van der Waals surface area contributed by atoms with Crippen molar-refractivity contribution in [3.8, 4) is 0 Å². The van der Waals surface area contributed by atoms with E-state index in [1.165, 1.54) is 70.6 Å². The van der Waals surface area contributed by atoms with Gasteiger partial charge in [0, 0.05) is 12.8 Å². The van der Waals surface area contributed by atoms with Crippen molar-refractivity contribution in [1.29, 1.82) is 0 Å². The lowest BCUT2D eigenvalue weighted by atomic mass is 9.98. The van der Waals surface area contributed by atoms with Gasteiger partial charge in [-0.1, -0.05) is 117 Å². The monoisotopic (exact) mass is 454 g/mol. The summed E-state index contributed by atoms with van der Waals surface area (Å²) in [7, 11) is 0. The average Bonchev–Trinajstić information content (AvgIpc) is 2.76. The quantitative estimate of drug-likeness (QED) is 0.108. The van der Waals surface area contributed by atoms with E-state index in [1.54, 1.807) is 0 Å². The summed E-state index contributed by atoms with van der Waals surface area (Å²) in [6, 6.07) is 0. The van der Waals surface area contributed by atoms with E-state index >= 15 is 0 Å². The van der Waals surface area contributed by atoms with Crippen molar-refractivity contribution in [3.05, 3.63) is 0 Å². The van der Waals surface area contributed by atoms with E-state index in [9.17, 15) is 9.59 Å². The highest BCUT2D eigenvalue weighted by Gasteiger charge is 2.09. The second-order valence-corrected chi connectivity index (χ2v) is 9.59. The summed E-state index contributed by atoms with van der Waals surface area (Å²) in [5, 5.41) is 0. The number of carbonyl (C=O) groups excluding carboxylic acids is 2. The molecular weight excluding hydrogens is 400 g/mol. The normalized spacial score (nSPS) is 12.0. The molecule has 0 aromatic carbocycles. The fraction of sp³-hybridized carbons (Fsp3) is 0.929. The maximum Gasteiger partial charge on any atom is 0.306 e. The zero-order valence-electron chi connectivity index (χ0n) is 21.8. The Morgan fingerprint density at radius 2 is 0.969 bits per heavy atom. The molecule has 32 heavy (non-hydrogen) atoms. The molecule has 4 heteroatoms. The second kappa shape index (κ2) is 24.6. The molecule has 0 fully saturated rings. The van der Waals surface area contributed by atoms with Gasteiger partial charge in [-0.2, -0.15) is 0 Å². The maximum absolute atomic E-state index is 11.7. The minimum absolute atomic E-state index is 0.0181. The molecule has 4 nitrogen and oxygen atoms in total. The highest BCUT2D eigenvalue weighted by molar-refractivity contribution is 5.69. The molecule has 1 unspecified atom stereocenters. The zero-order valence-corrected chi connectivity index (χ0v) is 21.8. The van der Waals surface area contributed by atoms with Crippen molar-refractivity contribution < 1.29 is 19.1 Å². The van der Waals surface area contributed by atoms with E-state index in [0.717, 1.165) is 44.9 Å². The topological polar surface area (TPSA) is 52.6 Å². The van der Waals surface area contributed by atoms with Gasteiger partial charge in [-0.05, 0) is 25.2 Å². The fourth-order valence-electron chi connectivity index (χ4n) is 3.89. The van der Waals surface area contributed by atoms with Gasteiger partial charge in [0.25, 0.3) is 0 Å². The molecule has 0 rings (SSSR count). The smallest absolute Gasteiger partial charge is 0.306 e. The van der Waals surface area contributed by atoms with Crippen LogP contribution in [0.4, 0.5) is 0 Å². The third-order valence-corrected chi connectivity index (χ3v) is 6.11. The van der Waals surface area contributed by atoms with Crippen molar-refractivity contribution in [2.24, 2.45) is 5.92 Å². The minimum atomic E-state index is -0.0199. The van der Waals surface area contributed by atoms with Gasteiger partial charge in [0.15, 0.2) is 0 Å². The van der Waals surface area contributed by atoms with Crippen LogP contribution in [-0.4, -0.2) is 25.2 Å². The molecule has 0 aliphatic rings. The Labute approximate surface area is 199 Å². The zero-order chi connectivity index (χ0) is 23.7. The molecule has 1 atom stereocenters. The Kier molecular flexibility index (Phi) is 23.8. The Morgan fingerprint density at radius 1 is 0.562 bits per heavy atom. The van der Waals surface area contributed by atoms with Crippen LogP contribution >= 0.6 is 0 Å².